The average Bonchev–Trinajstić information content (AvgIpc) is 3.24. The minimum Gasteiger partial charge on any atom is -0.494 e. The molecule has 0 bridgehead atoms. The van der Waals surface area contributed by atoms with Crippen molar-refractivity contribution >= 4 is 23.3 Å². The molecule has 0 saturated heterocycles. The number of anilines is 1. The van der Waals surface area contributed by atoms with Gasteiger partial charge in [-0.1, -0.05) is 41.9 Å². The second-order valence-corrected chi connectivity index (χ2v) is 8.34. The number of halogens is 1. The second-order valence-electron chi connectivity index (χ2n) is 7.90. The molecule has 0 aliphatic carbocycles. The zero-order valence-electron chi connectivity index (χ0n) is 18.2. The molecule has 1 aromatic heterocycles. The summed E-state index contributed by atoms with van der Waals surface area (Å²) in [6.45, 7) is 3.00. The number of urea groups is 1. The molecule has 1 N–H and O–H groups in total. The molecule has 6 heteroatoms. The third-order valence-electron chi connectivity index (χ3n) is 5.81. The number of rotatable bonds is 4. The summed E-state index contributed by atoms with van der Waals surface area (Å²) in [6, 6.07) is 26.9. The number of fused-ring (bicyclic) bond motifs is 3. The number of hydrogen-bond acceptors (Lipinski definition) is 2. The van der Waals surface area contributed by atoms with Gasteiger partial charge >= 0.3 is 6.03 Å². The van der Waals surface area contributed by atoms with Gasteiger partial charge in [-0.15, -0.1) is 0 Å². The van der Waals surface area contributed by atoms with Gasteiger partial charge in [-0.25, -0.2) is 4.79 Å². The summed E-state index contributed by atoms with van der Waals surface area (Å²) in [6.07, 6.45) is 2.04. The molecule has 0 saturated carbocycles. The minimum atomic E-state index is -0.311. The Hall–Kier alpha value is -3.70. The fourth-order valence-corrected chi connectivity index (χ4v) is 4.56. The number of ether oxygens (including phenoxy) is 1. The smallest absolute Gasteiger partial charge is 0.322 e. The lowest BCUT2D eigenvalue weighted by molar-refractivity contribution is 0.194. The first-order valence-electron chi connectivity index (χ1n) is 11.0. The van der Waals surface area contributed by atoms with Crippen LogP contribution in [-0.4, -0.2) is 22.1 Å². The van der Waals surface area contributed by atoms with E-state index in [2.05, 4.69) is 28.1 Å². The summed E-state index contributed by atoms with van der Waals surface area (Å²) in [5.41, 5.74) is 4.81. The number of hydrogen-bond donors (Lipinski definition) is 1. The molecule has 0 fully saturated rings. The van der Waals surface area contributed by atoms with Crippen molar-refractivity contribution in [2.75, 3.05) is 11.9 Å². The molecule has 166 valence electrons. The molecule has 5 rings (SSSR count). The number of aromatic nitrogens is 1. The summed E-state index contributed by atoms with van der Waals surface area (Å²) >= 11 is 6.35. The highest BCUT2D eigenvalue weighted by molar-refractivity contribution is 6.30. The van der Waals surface area contributed by atoms with E-state index in [4.69, 9.17) is 16.3 Å². The van der Waals surface area contributed by atoms with Crippen molar-refractivity contribution in [3.8, 4) is 11.4 Å². The third kappa shape index (κ3) is 4.20. The van der Waals surface area contributed by atoms with Crippen LogP contribution in [0.5, 0.6) is 5.75 Å². The zero-order valence-corrected chi connectivity index (χ0v) is 19.0. The van der Waals surface area contributed by atoms with Crippen LogP contribution >= 0.6 is 11.6 Å². The number of para-hydroxylation sites is 1. The van der Waals surface area contributed by atoms with Crippen molar-refractivity contribution < 1.29 is 9.53 Å². The molecular formula is C27H24ClN3O2. The Labute approximate surface area is 198 Å². The Morgan fingerprint density at radius 3 is 2.64 bits per heavy atom. The molecule has 4 aromatic rings. The fourth-order valence-electron chi connectivity index (χ4n) is 4.36. The molecule has 2 amide bonds. The van der Waals surface area contributed by atoms with Gasteiger partial charge in [-0.3, -0.25) is 0 Å². The van der Waals surface area contributed by atoms with E-state index in [9.17, 15) is 4.79 Å². The van der Waals surface area contributed by atoms with Crippen LogP contribution in [0, 0.1) is 0 Å². The molecule has 2 heterocycles. The zero-order chi connectivity index (χ0) is 22.8. The Morgan fingerprint density at radius 1 is 1.03 bits per heavy atom. The van der Waals surface area contributed by atoms with Crippen LogP contribution in [0.25, 0.3) is 5.69 Å². The van der Waals surface area contributed by atoms with Gasteiger partial charge in [0.1, 0.15) is 5.75 Å². The highest BCUT2D eigenvalue weighted by atomic mass is 35.5. The molecule has 3 aromatic carbocycles. The lowest BCUT2D eigenvalue weighted by Gasteiger charge is -2.31. The van der Waals surface area contributed by atoms with E-state index in [0.717, 1.165) is 28.3 Å². The predicted molar refractivity (Wildman–Crippen MR) is 131 cm³/mol. The third-order valence-corrected chi connectivity index (χ3v) is 6.04. The van der Waals surface area contributed by atoms with Gasteiger partial charge in [0.15, 0.2) is 0 Å². The van der Waals surface area contributed by atoms with Crippen molar-refractivity contribution in [3.05, 3.63) is 113 Å². The SMILES string of the molecule is CCOc1ccc(NC(=O)N2Cc3ccccc3-n3cccc3[C@@H]2c2cccc(Cl)c2)cc1. The molecule has 0 spiro atoms. The Bertz CT molecular complexity index is 1280. The number of carbonyl (C=O) groups is 1. The van der Waals surface area contributed by atoms with E-state index >= 15 is 0 Å². The van der Waals surface area contributed by atoms with Crippen LogP contribution in [0.15, 0.2) is 91.1 Å². The molecule has 0 radical (unpaired) electrons. The van der Waals surface area contributed by atoms with Gasteiger partial charge in [-0.2, -0.15) is 0 Å². The minimum absolute atomic E-state index is 0.186. The maximum Gasteiger partial charge on any atom is 0.322 e. The Morgan fingerprint density at radius 2 is 1.85 bits per heavy atom. The molecule has 1 aliphatic rings. The standard InChI is InChI=1S/C27H24ClN3O2/c1-2-33-23-14-12-22(13-15-23)29-27(32)31-18-20-7-3-4-10-24(20)30-16-6-11-25(30)26(31)19-8-5-9-21(28)17-19/h3-17,26H,2,18H2,1H3,(H,29,32)/t26-/m0/s1. The topological polar surface area (TPSA) is 46.5 Å². The van der Waals surface area contributed by atoms with E-state index < -0.39 is 0 Å². The predicted octanol–water partition coefficient (Wildman–Crippen LogP) is 6.67. The lowest BCUT2D eigenvalue weighted by atomic mass is 10.0. The van der Waals surface area contributed by atoms with Gasteiger partial charge in [0.25, 0.3) is 0 Å². The monoisotopic (exact) mass is 457 g/mol. The van der Waals surface area contributed by atoms with Crippen molar-refractivity contribution in [1.82, 2.24) is 9.47 Å². The van der Waals surface area contributed by atoms with E-state index in [-0.39, 0.29) is 12.1 Å². The van der Waals surface area contributed by atoms with Crippen LogP contribution in [0.1, 0.15) is 29.8 Å². The first kappa shape index (κ1) is 21.2. The van der Waals surface area contributed by atoms with E-state index in [1.807, 2.05) is 84.8 Å². The van der Waals surface area contributed by atoms with Crippen LogP contribution in [0.2, 0.25) is 5.02 Å². The average molecular weight is 458 g/mol. The van der Waals surface area contributed by atoms with E-state index in [1.54, 1.807) is 0 Å². The maximum absolute atomic E-state index is 13.7. The van der Waals surface area contributed by atoms with Crippen molar-refractivity contribution in [2.45, 2.75) is 19.5 Å². The first-order chi connectivity index (χ1) is 16.1. The second kappa shape index (κ2) is 9.04. The van der Waals surface area contributed by atoms with Gasteiger partial charge in [0.05, 0.1) is 24.9 Å². The quantitative estimate of drug-likeness (QED) is 0.372. The van der Waals surface area contributed by atoms with E-state index in [0.29, 0.717) is 23.9 Å². The van der Waals surface area contributed by atoms with Crippen LogP contribution in [-0.2, 0) is 6.54 Å². The molecular weight excluding hydrogens is 434 g/mol. The van der Waals surface area contributed by atoms with Crippen molar-refractivity contribution in [2.24, 2.45) is 0 Å². The highest BCUT2D eigenvalue weighted by Crippen LogP contribution is 2.37. The van der Waals surface area contributed by atoms with Crippen molar-refractivity contribution in [3.63, 3.8) is 0 Å². The summed E-state index contributed by atoms with van der Waals surface area (Å²) in [5.74, 6) is 0.772. The number of amides is 2. The Kier molecular flexibility index (Phi) is 5.80. The summed E-state index contributed by atoms with van der Waals surface area (Å²) in [4.78, 5) is 15.5. The summed E-state index contributed by atoms with van der Waals surface area (Å²) in [7, 11) is 0. The number of benzene rings is 3. The normalized spacial score (nSPS) is 14.7. The fraction of sp³-hybridized carbons (Fsp3) is 0.148. The van der Waals surface area contributed by atoms with Crippen LogP contribution in [0.3, 0.4) is 0 Å². The van der Waals surface area contributed by atoms with Crippen LogP contribution in [0.4, 0.5) is 10.5 Å². The summed E-state index contributed by atoms with van der Waals surface area (Å²) in [5, 5.41) is 3.70. The summed E-state index contributed by atoms with van der Waals surface area (Å²) < 4.78 is 7.67. The van der Waals surface area contributed by atoms with Crippen molar-refractivity contribution in [1.29, 1.82) is 0 Å². The highest BCUT2D eigenvalue weighted by Gasteiger charge is 2.33. The number of carbonyl (C=O) groups excluding carboxylic acids is 1. The van der Waals surface area contributed by atoms with E-state index in [1.165, 1.54) is 0 Å². The van der Waals surface area contributed by atoms with Gasteiger partial charge in [-0.05, 0) is 72.6 Å². The molecule has 33 heavy (non-hydrogen) atoms. The van der Waals surface area contributed by atoms with Crippen LogP contribution < -0.4 is 10.1 Å². The largest absolute Gasteiger partial charge is 0.494 e. The van der Waals surface area contributed by atoms with Gasteiger partial charge in [0.2, 0.25) is 0 Å². The molecule has 5 nitrogen and oxygen atoms in total. The number of nitrogens with one attached hydrogen (secondary N) is 1. The molecule has 1 atom stereocenters. The van der Waals surface area contributed by atoms with Gasteiger partial charge < -0.3 is 19.5 Å². The Balaban J connectivity index is 1.56. The number of nitrogens with zero attached hydrogens (tertiary/aromatic N) is 2. The first-order valence-corrected chi connectivity index (χ1v) is 11.3. The maximum atomic E-state index is 13.7. The molecule has 1 aliphatic heterocycles. The molecule has 0 unspecified atom stereocenters. The lowest BCUT2D eigenvalue weighted by Crippen LogP contribution is -2.37. The van der Waals surface area contributed by atoms with Gasteiger partial charge in [0, 0.05) is 22.6 Å².